The van der Waals surface area contributed by atoms with E-state index in [1.54, 1.807) is 0 Å². The Kier molecular flexibility index (Phi) is 4.29. The van der Waals surface area contributed by atoms with Gasteiger partial charge in [0.2, 0.25) is 5.90 Å². The normalized spacial score (nSPS) is 26.0. The maximum atomic E-state index is 11.3. The first-order chi connectivity index (χ1) is 11.9. The highest BCUT2D eigenvalue weighted by molar-refractivity contribution is 14.1. The summed E-state index contributed by atoms with van der Waals surface area (Å²) in [5, 5.41) is 11.3. The molecule has 1 unspecified atom stereocenters. The van der Waals surface area contributed by atoms with Gasteiger partial charge in [-0.25, -0.2) is 4.99 Å². The number of benzene rings is 2. The second-order valence-corrected chi connectivity index (χ2v) is 8.66. The Labute approximate surface area is 169 Å². The van der Waals surface area contributed by atoms with Crippen LogP contribution in [0, 0.1) is 5.41 Å². The first-order valence-corrected chi connectivity index (χ1v) is 10.0. The van der Waals surface area contributed by atoms with Gasteiger partial charge in [-0.3, -0.25) is 0 Å². The lowest BCUT2D eigenvalue weighted by Gasteiger charge is -2.39. The van der Waals surface area contributed by atoms with E-state index >= 15 is 0 Å². The van der Waals surface area contributed by atoms with Crippen LogP contribution < -0.4 is 0 Å². The van der Waals surface area contributed by atoms with E-state index in [4.69, 9.17) is 9.73 Å². The van der Waals surface area contributed by atoms with Gasteiger partial charge in [-0.2, -0.15) is 0 Å². The summed E-state index contributed by atoms with van der Waals surface area (Å²) in [6, 6.07) is 17.7. The maximum absolute atomic E-state index is 11.3. The zero-order valence-electron chi connectivity index (χ0n) is 13.7. The lowest BCUT2D eigenvalue weighted by molar-refractivity contribution is 0.0457. The van der Waals surface area contributed by atoms with Gasteiger partial charge < -0.3 is 9.84 Å². The van der Waals surface area contributed by atoms with Gasteiger partial charge in [0.25, 0.3) is 0 Å². The predicted octanol–water partition coefficient (Wildman–Crippen LogP) is 5.84. The van der Waals surface area contributed by atoms with Gasteiger partial charge in [0.1, 0.15) is 11.4 Å². The largest absolute Gasteiger partial charge is 0.441 e. The van der Waals surface area contributed by atoms with Crippen LogP contribution in [0.25, 0.3) is 5.76 Å². The summed E-state index contributed by atoms with van der Waals surface area (Å²) in [5.74, 6) is 1.30. The van der Waals surface area contributed by atoms with Crippen LogP contribution in [0.4, 0.5) is 5.69 Å². The second kappa shape index (κ2) is 6.21. The highest BCUT2D eigenvalue weighted by atomic mass is 127. The van der Waals surface area contributed by atoms with Gasteiger partial charge in [-0.05, 0) is 60.6 Å². The minimum Gasteiger partial charge on any atom is -0.441 e. The molecule has 1 aliphatic carbocycles. The standard InChI is InChI=1S/C20H17BrINO2/c1-19(24)17(22)16(13-6-3-2-4-7-13)25-18(20(19)10-11-20)23-15-9-5-8-14(21)12-15/h2-9,12,24H,10-11H2,1H3. The van der Waals surface area contributed by atoms with E-state index in [9.17, 15) is 5.11 Å². The van der Waals surface area contributed by atoms with E-state index in [1.165, 1.54) is 0 Å². The fraction of sp³-hybridized carbons (Fsp3) is 0.250. The smallest absolute Gasteiger partial charge is 0.204 e. The molecule has 1 aliphatic heterocycles. The molecule has 5 heteroatoms. The van der Waals surface area contributed by atoms with Crippen LogP contribution in [0.2, 0.25) is 0 Å². The molecule has 4 rings (SSSR count). The monoisotopic (exact) mass is 509 g/mol. The first-order valence-electron chi connectivity index (χ1n) is 8.15. The fourth-order valence-electron chi connectivity index (χ4n) is 3.27. The summed E-state index contributed by atoms with van der Waals surface area (Å²) in [6.45, 7) is 1.88. The average molecular weight is 510 g/mol. The molecule has 25 heavy (non-hydrogen) atoms. The molecular formula is C20H17BrINO2. The van der Waals surface area contributed by atoms with Gasteiger partial charge in [-0.15, -0.1) is 0 Å². The lowest BCUT2D eigenvalue weighted by atomic mass is 9.82. The van der Waals surface area contributed by atoms with Gasteiger partial charge in [-0.1, -0.05) is 52.3 Å². The number of ether oxygens (including phenoxy) is 1. The molecule has 2 aromatic rings. The first kappa shape index (κ1) is 17.2. The van der Waals surface area contributed by atoms with Crippen molar-refractivity contribution >= 4 is 55.9 Å². The quantitative estimate of drug-likeness (QED) is 0.516. The molecule has 0 bridgehead atoms. The Bertz CT molecular complexity index is 886. The van der Waals surface area contributed by atoms with Gasteiger partial charge in [0, 0.05) is 10.0 Å². The molecule has 3 nitrogen and oxygen atoms in total. The van der Waals surface area contributed by atoms with Crippen LogP contribution in [-0.4, -0.2) is 16.6 Å². The Balaban J connectivity index is 1.84. The van der Waals surface area contributed by atoms with Crippen LogP contribution >= 0.6 is 38.5 Å². The molecule has 1 fully saturated rings. The van der Waals surface area contributed by atoms with Crippen molar-refractivity contribution in [1.29, 1.82) is 0 Å². The van der Waals surface area contributed by atoms with Crippen molar-refractivity contribution in [2.45, 2.75) is 25.4 Å². The number of hydrogen-bond acceptors (Lipinski definition) is 3. The number of aliphatic imine (C=N–C) groups is 1. The third kappa shape index (κ3) is 2.86. The van der Waals surface area contributed by atoms with Crippen molar-refractivity contribution in [2.75, 3.05) is 0 Å². The third-order valence-electron chi connectivity index (χ3n) is 4.99. The molecule has 2 aromatic carbocycles. The van der Waals surface area contributed by atoms with Crippen molar-refractivity contribution < 1.29 is 9.84 Å². The fourth-order valence-corrected chi connectivity index (χ4v) is 4.60. The summed E-state index contributed by atoms with van der Waals surface area (Å²) in [4.78, 5) is 4.77. The SMILES string of the molecule is CC1(O)C(I)=C(c2ccccc2)OC(=Nc2cccc(Br)c2)C12CC2. The molecular weight excluding hydrogens is 493 g/mol. The molecule has 128 valence electrons. The molecule has 0 aromatic heterocycles. The summed E-state index contributed by atoms with van der Waals surface area (Å²) in [6.07, 6.45) is 1.75. The molecule has 2 aliphatic rings. The minimum atomic E-state index is -0.984. The molecule has 1 saturated carbocycles. The molecule has 1 spiro atoms. The summed E-state index contributed by atoms with van der Waals surface area (Å²) in [5.41, 5.74) is 0.353. The lowest BCUT2D eigenvalue weighted by Crippen LogP contribution is -2.46. The Morgan fingerprint density at radius 1 is 1.12 bits per heavy atom. The van der Waals surface area contributed by atoms with Gasteiger partial charge >= 0.3 is 0 Å². The van der Waals surface area contributed by atoms with Crippen LogP contribution in [0.1, 0.15) is 25.3 Å². The molecule has 1 atom stereocenters. The minimum absolute atomic E-state index is 0.426. The van der Waals surface area contributed by atoms with Crippen molar-refractivity contribution in [3.05, 3.63) is 68.2 Å². The van der Waals surface area contributed by atoms with E-state index in [2.05, 4.69) is 38.5 Å². The molecule has 0 radical (unpaired) electrons. The molecule has 0 amide bonds. The molecule has 1 N–H and O–H groups in total. The van der Waals surface area contributed by atoms with Crippen molar-refractivity contribution in [2.24, 2.45) is 10.4 Å². The zero-order valence-corrected chi connectivity index (χ0v) is 17.4. The van der Waals surface area contributed by atoms with Crippen molar-refractivity contribution in [1.82, 2.24) is 0 Å². The highest BCUT2D eigenvalue weighted by Crippen LogP contribution is 2.63. The topological polar surface area (TPSA) is 41.8 Å². The van der Waals surface area contributed by atoms with Gasteiger partial charge in [0.05, 0.1) is 14.7 Å². The molecule has 1 heterocycles. The van der Waals surface area contributed by atoms with Crippen LogP contribution in [0.3, 0.4) is 0 Å². The van der Waals surface area contributed by atoms with Crippen molar-refractivity contribution in [3.8, 4) is 0 Å². The zero-order chi connectivity index (χ0) is 17.7. The Morgan fingerprint density at radius 3 is 2.48 bits per heavy atom. The Morgan fingerprint density at radius 2 is 1.84 bits per heavy atom. The second-order valence-electron chi connectivity index (χ2n) is 6.66. The van der Waals surface area contributed by atoms with E-state index in [0.29, 0.717) is 11.7 Å². The van der Waals surface area contributed by atoms with E-state index in [-0.39, 0.29) is 0 Å². The molecule has 0 saturated heterocycles. The van der Waals surface area contributed by atoms with E-state index in [1.807, 2.05) is 61.5 Å². The third-order valence-corrected chi connectivity index (χ3v) is 7.02. The predicted molar refractivity (Wildman–Crippen MR) is 112 cm³/mol. The highest BCUT2D eigenvalue weighted by Gasteiger charge is 2.65. The van der Waals surface area contributed by atoms with E-state index < -0.39 is 11.0 Å². The van der Waals surface area contributed by atoms with Gasteiger partial charge in [0.15, 0.2) is 0 Å². The number of hydrogen-bond donors (Lipinski definition) is 1. The van der Waals surface area contributed by atoms with Crippen LogP contribution in [0.5, 0.6) is 0 Å². The number of rotatable bonds is 2. The van der Waals surface area contributed by atoms with Crippen LogP contribution in [-0.2, 0) is 4.74 Å². The number of aliphatic hydroxyl groups is 1. The summed E-state index contributed by atoms with van der Waals surface area (Å²) in [7, 11) is 0. The average Bonchev–Trinajstić information content (AvgIpc) is 3.40. The summed E-state index contributed by atoms with van der Waals surface area (Å²) < 4.78 is 8.09. The van der Waals surface area contributed by atoms with Crippen LogP contribution in [0.15, 0.2) is 67.6 Å². The van der Waals surface area contributed by atoms with E-state index in [0.717, 1.165) is 32.1 Å². The Hall–Kier alpha value is -1.18. The number of halogens is 2. The maximum Gasteiger partial charge on any atom is 0.204 e. The number of nitrogens with zero attached hydrogens (tertiary/aromatic N) is 1. The summed E-state index contributed by atoms with van der Waals surface area (Å²) >= 11 is 5.70. The van der Waals surface area contributed by atoms with Crippen molar-refractivity contribution in [3.63, 3.8) is 0 Å².